The number of hydrogen-bond donors (Lipinski definition) is 1. The highest BCUT2D eigenvalue weighted by molar-refractivity contribution is 5.80. The van der Waals surface area contributed by atoms with Gasteiger partial charge in [-0.1, -0.05) is 30.3 Å². The van der Waals surface area contributed by atoms with Gasteiger partial charge in [-0.15, -0.1) is 0 Å². The van der Waals surface area contributed by atoms with Crippen molar-refractivity contribution in [1.29, 1.82) is 0 Å². The number of nitrogens with one attached hydrogen (secondary N) is 1. The van der Waals surface area contributed by atoms with Crippen molar-refractivity contribution in [2.45, 2.75) is 6.04 Å². The van der Waals surface area contributed by atoms with Gasteiger partial charge in [0.25, 0.3) is 0 Å². The molecule has 0 aromatic heterocycles. The highest BCUT2D eigenvalue weighted by atomic mass is 16.5. The van der Waals surface area contributed by atoms with Crippen LogP contribution in [-0.2, 0) is 0 Å². The van der Waals surface area contributed by atoms with Crippen LogP contribution in [0.2, 0.25) is 0 Å². The number of piperazine rings is 1. The molecule has 1 N–H and O–H groups in total. The fourth-order valence-corrected chi connectivity index (χ4v) is 3.76. The van der Waals surface area contributed by atoms with Crippen LogP contribution in [0, 0.1) is 0 Å². The predicted octanol–water partition coefficient (Wildman–Crippen LogP) is 2.70. The van der Waals surface area contributed by atoms with E-state index in [1.165, 1.54) is 11.3 Å². The molecule has 2 aromatic carbocycles. The molecular formula is C23H33N5O. The first kappa shape index (κ1) is 21.0. The lowest BCUT2D eigenvalue weighted by molar-refractivity contribution is 0.292. The second-order valence-corrected chi connectivity index (χ2v) is 7.49. The van der Waals surface area contributed by atoms with E-state index in [0.29, 0.717) is 0 Å². The summed E-state index contributed by atoms with van der Waals surface area (Å²) in [4.78, 5) is 11.5. The standard InChI is InChI=1S/C23H33N5O/c1-24-23(28-16-14-27(15-17-28)20-8-6-5-7-9-20)25-18-22(26(2)3)19-10-12-21(29-4)13-11-19/h5-13,22H,14-18H2,1-4H3,(H,24,25). The molecule has 0 bridgehead atoms. The van der Waals surface area contributed by atoms with Gasteiger partial charge in [0.15, 0.2) is 5.96 Å². The fourth-order valence-electron chi connectivity index (χ4n) is 3.76. The summed E-state index contributed by atoms with van der Waals surface area (Å²) in [7, 11) is 7.78. The van der Waals surface area contributed by atoms with Crippen LogP contribution in [0.25, 0.3) is 0 Å². The first-order valence-electron chi connectivity index (χ1n) is 10.2. The van der Waals surface area contributed by atoms with Crippen LogP contribution in [0.5, 0.6) is 5.75 Å². The minimum Gasteiger partial charge on any atom is -0.497 e. The number of guanidine groups is 1. The Bertz CT molecular complexity index is 768. The average molecular weight is 396 g/mol. The van der Waals surface area contributed by atoms with Gasteiger partial charge in [-0.05, 0) is 43.9 Å². The molecule has 6 nitrogen and oxygen atoms in total. The van der Waals surface area contributed by atoms with Crippen LogP contribution in [0.4, 0.5) is 5.69 Å². The quantitative estimate of drug-likeness (QED) is 0.602. The molecular weight excluding hydrogens is 362 g/mol. The molecule has 1 heterocycles. The first-order chi connectivity index (χ1) is 14.1. The SMILES string of the molecule is CN=C(NCC(c1ccc(OC)cc1)N(C)C)N1CCN(c2ccccc2)CC1. The Morgan fingerprint density at radius 1 is 1.03 bits per heavy atom. The van der Waals surface area contributed by atoms with Crippen molar-refractivity contribution in [1.82, 2.24) is 15.1 Å². The van der Waals surface area contributed by atoms with Crippen LogP contribution in [0.3, 0.4) is 0 Å². The number of aliphatic imine (C=N–C) groups is 1. The minimum atomic E-state index is 0.253. The molecule has 1 aliphatic rings. The van der Waals surface area contributed by atoms with Crippen molar-refractivity contribution in [3.05, 3.63) is 60.2 Å². The van der Waals surface area contributed by atoms with Gasteiger partial charge in [0, 0.05) is 45.5 Å². The fraction of sp³-hybridized carbons (Fsp3) is 0.435. The van der Waals surface area contributed by atoms with E-state index in [2.05, 4.69) is 81.6 Å². The number of nitrogens with zero attached hydrogens (tertiary/aromatic N) is 4. The van der Waals surface area contributed by atoms with Crippen molar-refractivity contribution >= 4 is 11.6 Å². The van der Waals surface area contributed by atoms with Crippen molar-refractivity contribution in [2.24, 2.45) is 4.99 Å². The largest absolute Gasteiger partial charge is 0.497 e. The number of anilines is 1. The molecule has 156 valence electrons. The third-order valence-corrected chi connectivity index (χ3v) is 5.49. The smallest absolute Gasteiger partial charge is 0.193 e. The Labute approximate surface area is 174 Å². The molecule has 0 radical (unpaired) electrons. The lowest BCUT2D eigenvalue weighted by atomic mass is 10.1. The van der Waals surface area contributed by atoms with E-state index < -0.39 is 0 Å². The van der Waals surface area contributed by atoms with Gasteiger partial charge in [-0.3, -0.25) is 4.99 Å². The summed E-state index contributed by atoms with van der Waals surface area (Å²) in [5.74, 6) is 1.85. The number of para-hydroxylation sites is 1. The zero-order valence-corrected chi connectivity index (χ0v) is 18.0. The van der Waals surface area contributed by atoms with Crippen molar-refractivity contribution < 1.29 is 4.74 Å². The number of ether oxygens (including phenoxy) is 1. The number of likely N-dealkylation sites (N-methyl/N-ethyl adjacent to an activating group) is 1. The maximum atomic E-state index is 5.29. The maximum Gasteiger partial charge on any atom is 0.193 e. The summed E-state index contributed by atoms with van der Waals surface area (Å²) in [5, 5.41) is 3.59. The molecule has 1 atom stereocenters. The van der Waals surface area contributed by atoms with Crippen LogP contribution >= 0.6 is 0 Å². The number of rotatable bonds is 6. The van der Waals surface area contributed by atoms with E-state index in [9.17, 15) is 0 Å². The molecule has 0 amide bonds. The normalized spacial score (nSPS) is 16.1. The molecule has 29 heavy (non-hydrogen) atoms. The minimum absolute atomic E-state index is 0.253. The summed E-state index contributed by atoms with van der Waals surface area (Å²) in [6, 6.07) is 19.2. The Morgan fingerprint density at radius 2 is 1.69 bits per heavy atom. The summed E-state index contributed by atoms with van der Waals surface area (Å²) in [6.45, 7) is 4.72. The molecule has 1 aliphatic heterocycles. The molecule has 0 aliphatic carbocycles. The summed E-state index contributed by atoms with van der Waals surface area (Å²) >= 11 is 0. The predicted molar refractivity (Wildman–Crippen MR) is 121 cm³/mol. The van der Waals surface area contributed by atoms with E-state index >= 15 is 0 Å². The number of benzene rings is 2. The molecule has 1 saturated heterocycles. The maximum absolute atomic E-state index is 5.29. The van der Waals surface area contributed by atoms with Gasteiger partial charge in [0.1, 0.15) is 5.75 Å². The molecule has 6 heteroatoms. The topological polar surface area (TPSA) is 43.3 Å². The highest BCUT2D eigenvalue weighted by Gasteiger charge is 2.21. The lowest BCUT2D eigenvalue weighted by Gasteiger charge is -2.38. The van der Waals surface area contributed by atoms with Gasteiger partial charge >= 0.3 is 0 Å². The Kier molecular flexibility index (Phi) is 7.36. The summed E-state index contributed by atoms with van der Waals surface area (Å²) in [6.07, 6.45) is 0. The molecule has 2 aromatic rings. The second-order valence-electron chi connectivity index (χ2n) is 7.49. The van der Waals surface area contributed by atoms with Crippen LogP contribution in [-0.4, -0.2) is 76.7 Å². The van der Waals surface area contributed by atoms with E-state index in [-0.39, 0.29) is 6.04 Å². The van der Waals surface area contributed by atoms with Gasteiger partial charge < -0.3 is 24.8 Å². The molecule has 0 spiro atoms. The van der Waals surface area contributed by atoms with Crippen molar-refractivity contribution in [2.75, 3.05) is 65.9 Å². The monoisotopic (exact) mass is 395 g/mol. The third kappa shape index (κ3) is 5.41. The van der Waals surface area contributed by atoms with Crippen LogP contribution in [0.15, 0.2) is 59.6 Å². The van der Waals surface area contributed by atoms with Crippen molar-refractivity contribution in [3.8, 4) is 5.75 Å². The Hall–Kier alpha value is -2.73. The zero-order valence-electron chi connectivity index (χ0n) is 18.0. The molecule has 3 rings (SSSR count). The Balaban J connectivity index is 1.57. The summed E-state index contributed by atoms with van der Waals surface area (Å²) < 4.78 is 5.29. The second kappa shape index (κ2) is 10.2. The Morgan fingerprint density at radius 3 is 2.24 bits per heavy atom. The highest BCUT2D eigenvalue weighted by Crippen LogP contribution is 2.21. The van der Waals surface area contributed by atoms with Gasteiger partial charge in [-0.2, -0.15) is 0 Å². The molecule has 0 saturated carbocycles. The summed E-state index contributed by atoms with van der Waals surface area (Å²) in [5.41, 5.74) is 2.55. The van der Waals surface area contributed by atoms with Gasteiger partial charge in [0.05, 0.1) is 13.2 Å². The van der Waals surface area contributed by atoms with E-state index in [4.69, 9.17) is 4.74 Å². The lowest BCUT2D eigenvalue weighted by Crippen LogP contribution is -2.53. The van der Waals surface area contributed by atoms with E-state index in [1.54, 1.807) is 7.11 Å². The van der Waals surface area contributed by atoms with Crippen molar-refractivity contribution in [3.63, 3.8) is 0 Å². The van der Waals surface area contributed by atoms with E-state index in [0.717, 1.165) is 44.4 Å². The van der Waals surface area contributed by atoms with E-state index in [1.807, 2.05) is 19.2 Å². The van der Waals surface area contributed by atoms with Crippen LogP contribution in [0.1, 0.15) is 11.6 Å². The molecule has 1 fully saturated rings. The van der Waals surface area contributed by atoms with Crippen LogP contribution < -0.4 is 15.0 Å². The van der Waals surface area contributed by atoms with Gasteiger partial charge in [0.2, 0.25) is 0 Å². The zero-order chi connectivity index (χ0) is 20.6. The molecule has 1 unspecified atom stereocenters. The van der Waals surface area contributed by atoms with Gasteiger partial charge in [-0.25, -0.2) is 0 Å². The number of methoxy groups -OCH3 is 1. The average Bonchev–Trinajstić information content (AvgIpc) is 2.77. The first-order valence-corrected chi connectivity index (χ1v) is 10.2. The third-order valence-electron chi connectivity index (χ3n) is 5.49. The number of hydrogen-bond acceptors (Lipinski definition) is 4.